The molecule has 0 fully saturated rings. The summed E-state index contributed by atoms with van der Waals surface area (Å²) in [6.45, 7) is 1.88. The molecule has 0 aromatic heterocycles. The first-order valence-corrected chi connectivity index (χ1v) is 9.16. The average Bonchev–Trinajstić information content (AvgIpc) is 2.97. The van der Waals surface area contributed by atoms with Crippen LogP contribution in [-0.2, 0) is 12.3 Å². The van der Waals surface area contributed by atoms with Crippen molar-refractivity contribution in [3.05, 3.63) is 58.1 Å². The van der Waals surface area contributed by atoms with E-state index in [1.807, 2.05) is 13.0 Å². The fourth-order valence-electron chi connectivity index (χ4n) is 4.42. The third-order valence-electron chi connectivity index (χ3n) is 5.88. The standard InChI is InChI=1S/C20H15B2F4NO2/c1-2-9-5-10(8-27)7-11(6-9)29-13-4-3-12-14-15(13)17(28)18(21,22)16(14)20(25,26)19(12,23)24/h3-7,16H,2,21-22H2,1H3. The lowest BCUT2D eigenvalue weighted by atomic mass is 9.47. The second-order valence-electron chi connectivity index (χ2n) is 8.01. The van der Waals surface area contributed by atoms with Crippen molar-refractivity contribution < 1.29 is 27.1 Å². The van der Waals surface area contributed by atoms with Crippen LogP contribution in [0.2, 0.25) is 5.21 Å². The van der Waals surface area contributed by atoms with E-state index in [0.29, 0.717) is 12.0 Å². The van der Waals surface area contributed by atoms with Gasteiger partial charge >= 0.3 is 11.8 Å². The number of nitrogens with zero attached hydrogens (tertiary/aromatic N) is 1. The molecule has 0 bridgehead atoms. The summed E-state index contributed by atoms with van der Waals surface area (Å²) < 4.78 is 64.0. The molecule has 0 saturated carbocycles. The van der Waals surface area contributed by atoms with Crippen molar-refractivity contribution in [3.8, 4) is 17.6 Å². The van der Waals surface area contributed by atoms with Gasteiger partial charge < -0.3 is 4.74 Å². The highest BCUT2D eigenvalue weighted by atomic mass is 19.3. The molecule has 0 radical (unpaired) electrons. The number of nitriles is 1. The molecule has 0 N–H and O–H groups in total. The van der Waals surface area contributed by atoms with Gasteiger partial charge in [-0.2, -0.15) is 22.8 Å². The van der Waals surface area contributed by atoms with E-state index in [4.69, 9.17) is 4.74 Å². The van der Waals surface area contributed by atoms with Crippen LogP contribution in [-0.4, -0.2) is 27.4 Å². The molecule has 0 heterocycles. The van der Waals surface area contributed by atoms with Gasteiger partial charge in [-0.3, -0.25) is 4.79 Å². The fraction of sp³-hybridized carbons (Fsp3) is 0.300. The number of alkyl halides is 4. The lowest BCUT2D eigenvalue weighted by molar-refractivity contribution is -0.215. The van der Waals surface area contributed by atoms with Crippen LogP contribution in [0.15, 0.2) is 30.3 Å². The summed E-state index contributed by atoms with van der Waals surface area (Å²) in [6, 6.07) is 8.83. The van der Waals surface area contributed by atoms with Gasteiger partial charge in [-0.1, -0.05) is 6.92 Å². The summed E-state index contributed by atoms with van der Waals surface area (Å²) in [5.74, 6) is -11.2. The number of benzene rings is 2. The van der Waals surface area contributed by atoms with Crippen molar-refractivity contribution in [3.63, 3.8) is 0 Å². The van der Waals surface area contributed by atoms with Gasteiger partial charge in [0, 0.05) is 5.56 Å². The number of ether oxygens (including phenoxy) is 1. The minimum Gasteiger partial charge on any atom is -0.457 e. The number of Topliss-reactive ketones (excluding diaryl/α,β-unsaturated/α-hetero) is 1. The number of hydrogen-bond donors (Lipinski definition) is 0. The van der Waals surface area contributed by atoms with Crippen LogP contribution in [0.25, 0.3) is 0 Å². The Bertz CT molecular complexity index is 1110. The molecular weight excluding hydrogens is 384 g/mol. The number of rotatable bonds is 3. The molecule has 1 atom stereocenters. The summed E-state index contributed by atoms with van der Waals surface area (Å²) >= 11 is 0. The van der Waals surface area contributed by atoms with Crippen LogP contribution in [0, 0.1) is 11.3 Å². The molecule has 1 unspecified atom stereocenters. The highest BCUT2D eigenvalue weighted by Gasteiger charge is 2.75. The number of carbonyl (C=O) groups is 1. The predicted octanol–water partition coefficient (Wildman–Crippen LogP) is 3.32. The predicted molar refractivity (Wildman–Crippen MR) is 103 cm³/mol. The molecule has 0 saturated heterocycles. The van der Waals surface area contributed by atoms with Gasteiger partial charge in [0.1, 0.15) is 27.2 Å². The molecule has 29 heavy (non-hydrogen) atoms. The fourth-order valence-corrected chi connectivity index (χ4v) is 4.42. The van der Waals surface area contributed by atoms with E-state index in [2.05, 4.69) is 0 Å². The second-order valence-corrected chi connectivity index (χ2v) is 8.01. The van der Waals surface area contributed by atoms with Crippen LogP contribution < -0.4 is 4.74 Å². The van der Waals surface area contributed by atoms with Crippen LogP contribution in [0.1, 0.15) is 45.5 Å². The SMILES string of the molecule is BC1(B)C(=O)c2c(Oc3cc(C#N)cc(CC)c3)ccc3c2C1C(F)(F)C3(F)F. The van der Waals surface area contributed by atoms with Crippen molar-refractivity contribution >= 4 is 21.5 Å². The second kappa shape index (κ2) is 5.88. The van der Waals surface area contributed by atoms with E-state index in [1.165, 1.54) is 21.8 Å². The maximum Gasteiger partial charge on any atom is 0.336 e. The van der Waals surface area contributed by atoms with Crippen LogP contribution >= 0.6 is 0 Å². The number of hydrogen-bond acceptors (Lipinski definition) is 3. The molecule has 0 aliphatic heterocycles. The Hall–Kier alpha value is -2.75. The van der Waals surface area contributed by atoms with Gasteiger partial charge in [0.15, 0.2) is 5.78 Å². The Labute approximate surface area is 166 Å². The molecule has 3 nitrogen and oxygen atoms in total. The van der Waals surface area contributed by atoms with E-state index in [0.717, 1.165) is 17.7 Å². The summed E-state index contributed by atoms with van der Waals surface area (Å²) in [5.41, 5.74) is -0.248. The van der Waals surface area contributed by atoms with Gasteiger partial charge in [-0.15, -0.1) is 0 Å². The number of ketones is 1. The molecule has 146 valence electrons. The first-order valence-electron chi connectivity index (χ1n) is 9.16. The van der Waals surface area contributed by atoms with Gasteiger partial charge in [0.05, 0.1) is 23.1 Å². The highest BCUT2D eigenvalue weighted by Crippen LogP contribution is 2.69. The summed E-state index contributed by atoms with van der Waals surface area (Å²) in [7, 11) is 2.52. The molecule has 0 amide bonds. The molecular formula is C20H15B2F4NO2. The maximum absolute atomic E-state index is 14.7. The Morgan fingerprint density at radius 3 is 2.48 bits per heavy atom. The van der Waals surface area contributed by atoms with Crippen LogP contribution in [0.3, 0.4) is 0 Å². The molecule has 2 aromatic carbocycles. The number of carbonyl (C=O) groups excluding carboxylic acids is 1. The minimum absolute atomic E-state index is 0.0602. The van der Waals surface area contributed by atoms with Crippen molar-refractivity contribution in [1.82, 2.24) is 0 Å². The zero-order chi connectivity index (χ0) is 21.4. The smallest absolute Gasteiger partial charge is 0.336 e. The van der Waals surface area contributed by atoms with Crippen molar-refractivity contribution in [2.75, 3.05) is 0 Å². The molecule has 9 heteroatoms. The lowest BCUT2D eigenvalue weighted by Gasteiger charge is -2.32. The normalized spacial score (nSPS) is 22.2. The quantitative estimate of drug-likeness (QED) is 0.588. The average molecular weight is 399 g/mol. The maximum atomic E-state index is 14.7. The highest BCUT2D eigenvalue weighted by molar-refractivity contribution is 6.55. The molecule has 2 aliphatic rings. The van der Waals surface area contributed by atoms with E-state index in [-0.39, 0.29) is 22.6 Å². The van der Waals surface area contributed by atoms with Crippen molar-refractivity contribution in [2.24, 2.45) is 0 Å². The molecule has 2 aliphatic carbocycles. The Kier molecular flexibility index (Phi) is 3.97. The van der Waals surface area contributed by atoms with Gasteiger partial charge in [-0.05, 0) is 53.1 Å². The summed E-state index contributed by atoms with van der Waals surface area (Å²) in [5, 5.41) is 7.48. The first kappa shape index (κ1) is 19.6. The van der Waals surface area contributed by atoms with Crippen LogP contribution in [0.4, 0.5) is 17.6 Å². The largest absolute Gasteiger partial charge is 0.457 e. The van der Waals surface area contributed by atoms with E-state index in [9.17, 15) is 27.6 Å². The van der Waals surface area contributed by atoms with Crippen molar-refractivity contribution in [2.45, 2.75) is 36.3 Å². The number of halogens is 4. The van der Waals surface area contributed by atoms with Gasteiger partial charge in [0.25, 0.3) is 0 Å². The first-order chi connectivity index (χ1) is 13.5. The minimum atomic E-state index is -4.38. The summed E-state index contributed by atoms with van der Waals surface area (Å²) in [4.78, 5) is 13.0. The van der Waals surface area contributed by atoms with Gasteiger partial charge in [0.2, 0.25) is 0 Å². The number of aryl methyl sites for hydroxylation is 1. The zero-order valence-corrected chi connectivity index (χ0v) is 15.9. The molecule has 2 aromatic rings. The third kappa shape index (κ3) is 2.41. The topological polar surface area (TPSA) is 50.1 Å². The van der Waals surface area contributed by atoms with E-state index >= 15 is 0 Å². The Balaban J connectivity index is 1.90. The Morgan fingerprint density at radius 1 is 1.17 bits per heavy atom. The zero-order valence-electron chi connectivity index (χ0n) is 15.9. The van der Waals surface area contributed by atoms with Crippen molar-refractivity contribution in [1.29, 1.82) is 5.26 Å². The van der Waals surface area contributed by atoms with Crippen LogP contribution in [0.5, 0.6) is 11.5 Å². The van der Waals surface area contributed by atoms with E-state index in [1.54, 1.807) is 12.1 Å². The summed E-state index contributed by atoms with van der Waals surface area (Å²) in [6.07, 6.45) is 0.620. The van der Waals surface area contributed by atoms with Gasteiger partial charge in [-0.25, -0.2) is 0 Å². The monoisotopic (exact) mass is 399 g/mol. The van der Waals surface area contributed by atoms with E-state index < -0.39 is 34.3 Å². The Morgan fingerprint density at radius 2 is 1.86 bits per heavy atom. The lowest BCUT2D eigenvalue weighted by Crippen LogP contribution is -2.43. The molecule has 0 spiro atoms. The molecule has 4 rings (SSSR count). The third-order valence-corrected chi connectivity index (χ3v) is 5.88.